The van der Waals surface area contributed by atoms with Crippen molar-refractivity contribution in [3.8, 4) is 0 Å². The molecule has 1 saturated heterocycles. The van der Waals surface area contributed by atoms with Crippen molar-refractivity contribution >= 4 is 24.6 Å². The second-order valence-corrected chi connectivity index (χ2v) is 16.9. The van der Waals surface area contributed by atoms with Gasteiger partial charge in [-0.2, -0.15) is 0 Å². The van der Waals surface area contributed by atoms with Gasteiger partial charge in [0, 0.05) is 6.54 Å². The molecule has 0 N–H and O–H groups in total. The van der Waals surface area contributed by atoms with E-state index >= 15 is 0 Å². The minimum atomic E-state index is -2.87. The fraction of sp³-hybridized carbons (Fsp3) is 0.324. The summed E-state index contributed by atoms with van der Waals surface area (Å²) in [7, 11) is -2.87. The summed E-state index contributed by atoms with van der Waals surface area (Å²) in [6, 6.07) is 41.5. The maximum absolute atomic E-state index is 13.8. The third-order valence-electron chi connectivity index (χ3n) is 8.39. The number of carbonyl (C=O) groups excluding carboxylic acids is 1. The van der Waals surface area contributed by atoms with Gasteiger partial charge in [-0.25, -0.2) is 0 Å². The summed E-state index contributed by atoms with van der Waals surface area (Å²) in [6.45, 7) is 12.2. The van der Waals surface area contributed by atoms with Gasteiger partial charge in [-0.3, -0.25) is 4.79 Å². The number of benzene rings is 4. The van der Waals surface area contributed by atoms with Gasteiger partial charge in [0.1, 0.15) is 0 Å². The molecule has 4 aromatic rings. The molecule has 0 saturated carbocycles. The normalized spacial score (nSPS) is 18.1. The highest BCUT2D eigenvalue weighted by atomic mass is 28.4. The van der Waals surface area contributed by atoms with E-state index in [9.17, 15) is 4.79 Å². The summed E-state index contributed by atoms with van der Waals surface area (Å²) >= 11 is 0. The molecule has 5 rings (SSSR count). The molecule has 0 bridgehead atoms. The molecule has 0 spiro atoms. The first-order valence-corrected chi connectivity index (χ1v) is 16.9. The molecule has 0 aliphatic carbocycles. The summed E-state index contributed by atoms with van der Waals surface area (Å²) in [5.41, 5.74) is 2.16. The molecule has 0 unspecified atom stereocenters. The van der Waals surface area contributed by atoms with Gasteiger partial charge >= 0.3 is 0 Å². The smallest absolute Gasteiger partial charge is 0.261 e. The number of amides is 1. The second-order valence-electron chi connectivity index (χ2n) is 12.6. The van der Waals surface area contributed by atoms with Crippen molar-refractivity contribution in [1.29, 1.82) is 0 Å². The molecule has 42 heavy (non-hydrogen) atoms. The zero-order valence-corrected chi connectivity index (χ0v) is 26.4. The van der Waals surface area contributed by atoms with E-state index in [1.807, 2.05) is 53.4 Å². The van der Waals surface area contributed by atoms with Crippen molar-refractivity contribution in [2.24, 2.45) is 5.92 Å². The van der Waals surface area contributed by atoms with Crippen LogP contribution in [0.1, 0.15) is 45.7 Å². The molecular weight excluding hydrogens is 534 g/mol. The summed E-state index contributed by atoms with van der Waals surface area (Å²) in [5.74, 6) is 0.169. The highest BCUT2D eigenvalue weighted by Gasteiger charge is 2.58. The highest BCUT2D eigenvalue weighted by molar-refractivity contribution is 6.99. The average Bonchev–Trinajstić information content (AvgIpc) is 3.00. The van der Waals surface area contributed by atoms with Gasteiger partial charge in [-0.1, -0.05) is 156 Å². The van der Waals surface area contributed by atoms with Crippen LogP contribution in [0.15, 0.2) is 121 Å². The average molecular weight is 578 g/mol. The Morgan fingerprint density at radius 2 is 1.17 bits per heavy atom. The van der Waals surface area contributed by atoms with E-state index in [1.165, 1.54) is 10.4 Å². The number of likely N-dealkylation sites (tertiary alicyclic amines) is 1. The topological polar surface area (TPSA) is 38.8 Å². The van der Waals surface area contributed by atoms with Crippen LogP contribution in [0.5, 0.6) is 0 Å². The van der Waals surface area contributed by atoms with Crippen LogP contribution in [-0.4, -0.2) is 37.4 Å². The summed E-state index contributed by atoms with van der Waals surface area (Å²) in [4.78, 5) is 15.8. The fourth-order valence-corrected chi connectivity index (χ4v) is 11.1. The maximum Gasteiger partial charge on any atom is 0.261 e. The quantitative estimate of drug-likeness (QED) is 0.149. The lowest BCUT2D eigenvalue weighted by molar-refractivity contribution is -0.189. The second kappa shape index (κ2) is 12.8. The molecular formula is C37H43NO3Si. The SMILES string of the molecule is CC(C)[C@@H](O[Si](c1ccccc1)(c1ccccc1)C(C)(C)C)[C@H]1[C@@H](OCc2ccccc2)C(=O)N1Cc1ccccc1. The van der Waals surface area contributed by atoms with Gasteiger partial charge in [0.25, 0.3) is 14.2 Å². The Morgan fingerprint density at radius 1 is 0.714 bits per heavy atom. The standard InChI is InChI=1S/C37H43NO3Si/c1-28(2)34(41-42(37(3,4)5,31-22-14-8-15-23-31)32-24-16-9-17-25-32)33-35(40-27-30-20-12-7-13-21-30)36(39)38(33)26-29-18-10-6-11-19-29/h6-25,28,33-35H,26-27H2,1-5H3/t33-,34+,35+/m0/s1. The summed E-state index contributed by atoms with van der Waals surface area (Å²) in [5, 5.41) is 2.29. The Hall–Kier alpha value is -3.51. The Kier molecular flexibility index (Phi) is 9.12. The van der Waals surface area contributed by atoms with Crippen molar-refractivity contribution in [1.82, 2.24) is 4.90 Å². The number of β-lactam (4-membered cyclic amide) rings is 1. The Balaban J connectivity index is 1.58. The molecule has 5 heteroatoms. The zero-order valence-electron chi connectivity index (χ0n) is 25.4. The first-order chi connectivity index (χ1) is 20.2. The molecule has 4 aromatic carbocycles. The molecule has 1 aliphatic rings. The van der Waals surface area contributed by atoms with E-state index in [4.69, 9.17) is 9.16 Å². The van der Waals surface area contributed by atoms with E-state index in [1.54, 1.807) is 0 Å². The van der Waals surface area contributed by atoms with Crippen molar-refractivity contribution < 1.29 is 14.0 Å². The Morgan fingerprint density at radius 3 is 1.62 bits per heavy atom. The molecule has 1 aliphatic heterocycles. The predicted molar refractivity (Wildman–Crippen MR) is 173 cm³/mol. The lowest BCUT2D eigenvalue weighted by Gasteiger charge is -2.54. The van der Waals surface area contributed by atoms with Gasteiger partial charge in [0.15, 0.2) is 6.10 Å². The number of nitrogens with zero attached hydrogens (tertiary/aromatic N) is 1. The fourth-order valence-electron chi connectivity index (χ4n) is 6.28. The van der Waals surface area contributed by atoms with Crippen molar-refractivity contribution in [3.63, 3.8) is 0 Å². The highest BCUT2D eigenvalue weighted by Crippen LogP contribution is 2.41. The van der Waals surface area contributed by atoms with Gasteiger partial charge < -0.3 is 14.1 Å². The van der Waals surface area contributed by atoms with E-state index < -0.39 is 14.4 Å². The van der Waals surface area contributed by atoms with Crippen LogP contribution in [0.3, 0.4) is 0 Å². The Labute approximate surface area is 252 Å². The molecule has 3 atom stereocenters. The number of rotatable bonds is 11. The van der Waals surface area contributed by atoms with Crippen molar-refractivity contribution in [2.45, 2.75) is 71.1 Å². The molecule has 4 nitrogen and oxygen atoms in total. The van der Waals surface area contributed by atoms with E-state index in [0.717, 1.165) is 11.1 Å². The number of hydrogen-bond acceptors (Lipinski definition) is 3. The number of hydrogen-bond donors (Lipinski definition) is 0. The first kappa shape index (κ1) is 30.0. The van der Waals surface area contributed by atoms with Crippen LogP contribution in [0.2, 0.25) is 5.04 Å². The van der Waals surface area contributed by atoms with Crippen LogP contribution in [0, 0.1) is 5.92 Å². The molecule has 1 heterocycles. The monoisotopic (exact) mass is 577 g/mol. The molecule has 1 amide bonds. The zero-order chi connectivity index (χ0) is 29.7. The van der Waals surface area contributed by atoms with Crippen LogP contribution >= 0.6 is 0 Å². The largest absolute Gasteiger partial charge is 0.402 e. The third kappa shape index (κ3) is 6.00. The molecule has 218 valence electrons. The molecule has 1 fully saturated rings. The van der Waals surface area contributed by atoms with Gasteiger partial charge in [-0.05, 0) is 32.5 Å². The van der Waals surface area contributed by atoms with Crippen molar-refractivity contribution in [3.05, 3.63) is 132 Å². The van der Waals surface area contributed by atoms with Crippen LogP contribution in [-0.2, 0) is 27.1 Å². The minimum absolute atomic E-state index is 0.0245. The van der Waals surface area contributed by atoms with Crippen LogP contribution in [0.4, 0.5) is 0 Å². The van der Waals surface area contributed by atoms with E-state index in [0.29, 0.717) is 13.2 Å². The van der Waals surface area contributed by atoms with E-state index in [2.05, 4.69) is 107 Å². The molecule has 0 aromatic heterocycles. The summed E-state index contributed by atoms with van der Waals surface area (Å²) in [6.07, 6.45) is -0.807. The Bertz CT molecular complexity index is 1380. The van der Waals surface area contributed by atoms with Gasteiger partial charge in [0.2, 0.25) is 0 Å². The van der Waals surface area contributed by atoms with Crippen LogP contribution in [0.25, 0.3) is 0 Å². The minimum Gasteiger partial charge on any atom is -0.402 e. The van der Waals surface area contributed by atoms with Gasteiger partial charge in [-0.15, -0.1) is 0 Å². The van der Waals surface area contributed by atoms with Crippen LogP contribution < -0.4 is 10.4 Å². The predicted octanol–water partition coefficient (Wildman–Crippen LogP) is 6.58. The molecule has 0 radical (unpaired) electrons. The van der Waals surface area contributed by atoms with Gasteiger partial charge in [0.05, 0.1) is 18.8 Å². The third-order valence-corrected chi connectivity index (χ3v) is 13.4. The van der Waals surface area contributed by atoms with E-state index in [-0.39, 0.29) is 29.0 Å². The maximum atomic E-state index is 13.8. The number of carbonyl (C=O) groups is 1. The lowest BCUT2D eigenvalue weighted by Crippen LogP contribution is -2.75. The number of ether oxygens (including phenoxy) is 1. The lowest BCUT2D eigenvalue weighted by atomic mass is 9.86. The first-order valence-electron chi connectivity index (χ1n) is 15.0. The summed E-state index contributed by atoms with van der Waals surface area (Å²) < 4.78 is 14.1. The van der Waals surface area contributed by atoms with Crippen molar-refractivity contribution in [2.75, 3.05) is 0 Å².